The third kappa shape index (κ3) is 4.28. The Balaban J connectivity index is 1.67. The average Bonchev–Trinajstić information content (AvgIpc) is 3.21. The Hall–Kier alpha value is -4.02. The van der Waals surface area contributed by atoms with Gasteiger partial charge >= 0.3 is 0 Å². The maximum atomic E-state index is 13.4. The van der Waals surface area contributed by atoms with Gasteiger partial charge in [-0.2, -0.15) is 4.99 Å². The molecule has 0 aliphatic carbocycles. The Morgan fingerprint density at radius 1 is 0.706 bits per heavy atom. The molecule has 1 amide bonds. The molecule has 0 atom stereocenters. The second kappa shape index (κ2) is 9.46. The Bertz CT molecular complexity index is 1510. The first-order chi connectivity index (χ1) is 16.6. The van der Waals surface area contributed by atoms with E-state index in [1.165, 1.54) is 16.9 Å². The lowest BCUT2D eigenvalue weighted by Crippen LogP contribution is -2.14. The standard InChI is InChI=1S/C30H24N2OS/c1-21-17-19-23(20-18-21)27-28(24-13-7-4-8-14-24)34-30(32(27)2)31-29(33)26-16-10-9-15-25(26)22-11-5-3-6-12-22/h3-20H,1-2H3. The van der Waals surface area contributed by atoms with Crippen molar-refractivity contribution in [2.75, 3.05) is 0 Å². The molecule has 0 radical (unpaired) electrons. The molecule has 34 heavy (non-hydrogen) atoms. The highest BCUT2D eigenvalue weighted by molar-refractivity contribution is 7.13. The maximum absolute atomic E-state index is 13.4. The quantitative estimate of drug-likeness (QED) is 0.281. The lowest BCUT2D eigenvalue weighted by atomic mass is 9.99. The van der Waals surface area contributed by atoms with E-state index in [0.717, 1.165) is 32.8 Å². The van der Waals surface area contributed by atoms with Gasteiger partial charge < -0.3 is 4.57 Å². The zero-order valence-corrected chi connectivity index (χ0v) is 19.9. The first-order valence-corrected chi connectivity index (χ1v) is 12.0. The van der Waals surface area contributed by atoms with Crippen LogP contribution in [0.1, 0.15) is 15.9 Å². The predicted octanol–water partition coefficient (Wildman–Crippen LogP) is 7.14. The SMILES string of the molecule is Cc1ccc(-c2c(-c3ccccc3)sc(=NC(=O)c3ccccc3-c3ccccc3)n2C)cc1. The molecule has 0 saturated heterocycles. The zero-order chi connectivity index (χ0) is 23.5. The molecule has 4 aromatic carbocycles. The highest BCUT2D eigenvalue weighted by Crippen LogP contribution is 2.34. The lowest BCUT2D eigenvalue weighted by molar-refractivity contribution is 0.0998. The van der Waals surface area contributed by atoms with Crippen LogP contribution in [0.3, 0.4) is 0 Å². The minimum atomic E-state index is -0.244. The van der Waals surface area contributed by atoms with Gasteiger partial charge in [-0.25, -0.2) is 0 Å². The van der Waals surface area contributed by atoms with Crippen LogP contribution < -0.4 is 4.80 Å². The van der Waals surface area contributed by atoms with Gasteiger partial charge in [0, 0.05) is 12.6 Å². The highest BCUT2D eigenvalue weighted by Gasteiger charge is 2.17. The Labute approximate surface area is 203 Å². The van der Waals surface area contributed by atoms with Crippen molar-refractivity contribution >= 4 is 17.2 Å². The number of aromatic nitrogens is 1. The van der Waals surface area contributed by atoms with E-state index in [4.69, 9.17) is 0 Å². The molecule has 1 aromatic heterocycles. The summed E-state index contributed by atoms with van der Waals surface area (Å²) in [6, 6.07) is 36.4. The monoisotopic (exact) mass is 460 g/mol. The summed E-state index contributed by atoms with van der Waals surface area (Å²) in [7, 11) is 1.98. The van der Waals surface area contributed by atoms with E-state index < -0.39 is 0 Å². The number of aryl methyl sites for hydroxylation is 1. The van der Waals surface area contributed by atoms with Crippen molar-refractivity contribution in [1.82, 2.24) is 4.57 Å². The summed E-state index contributed by atoms with van der Waals surface area (Å²) >= 11 is 1.54. The topological polar surface area (TPSA) is 34.4 Å². The Morgan fingerprint density at radius 3 is 1.97 bits per heavy atom. The maximum Gasteiger partial charge on any atom is 0.280 e. The molecular weight excluding hydrogens is 436 g/mol. The van der Waals surface area contributed by atoms with Gasteiger partial charge in [0.1, 0.15) is 0 Å². The van der Waals surface area contributed by atoms with Crippen molar-refractivity contribution in [3.63, 3.8) is 0 Å². The van der Waals surface area contributed by atoms with Crippen LogP contribution in [0.4, 0.5) is 0 Å². The number of rotatable bonds is 4. The number of amides is 1. The zero-order valence-electron chi connectivity index (χ0n) is 19.1. The van der Waals surface area contributed by atoms with Crippen molar-refractivity contribution in [2.45, 2.75) is 6.92 Å². The van der Waals surface area contributed by atoms with Crippen molar-refractivity contribution in [3.8, 4) is 32.8 Å². The third-order valence-electron chi connectivity index (χ3n) is 5.83. The van der Waals surface area contributed by atoms with Gasteiger partial charge in [-0.05, 0) is 35.2 Å². The molecule has 0 aliphatic rings. The normalized spacial score (nSPS) is 11.5. The molecule has 0 unspecified atom stereocenters. The molecule has 0 bridgehead atoms. The van der Waals surface area contributed by atoms with Crippen LogP contribution in [0.15, 0.2) is 114 Å². The molecule has 3 nitrogen and oxygen atoms in total. The minimum Gasteiger partial charge on any atom is -0.319 e. The van der Waals surface area contributed by atoms with Gasteiger partial charge in [-0.3, -0.25) is 4.79 Å². The number of nitrogens with zero attached hydrogens (tertiary/aromatic N) is 2. The number of carbonyl (C=O) groups is 1. The number of benzene rings is 4. The summed E-state index contributed by atoms with van der Waals surface area (Å²) in [5, 5.41) is 0. The second-order valence-corrected chi connectivity index (χ2v) is 9.16. The van der Waals surface area contributed by atoms with E-state index in [0.29, 0.717) is 10.4 Å². The average molecular weight is 461 g/mol. The summed E-state index contributed by atoms with van der Waals surface area (Å²) in [6.45, 7) is 2.08. The van der Waals surface area contributed by atoms with Crippen molar-refractivity contribution < 1.29 is 4.79 Å². The van der Waals surface area contributed by atoms with Crippen molar-refractivity contribution in [1.29, 1.82) is 0 Å². The molecule has 166 valence electrons. The molecular formula is C30H24N2OS. The van der Waals surface area contributed by atoms with Gasteiger partial charge in [-0.15, -0.1) is 0 Å². The summed E-state index contributed by atoms with van der Waals surface area (Å²) in [4.78, 5) is 19.8. The molecule has 0 saturated carbocycles. The molecule has 1 heterocycles. The van der Waals surface area contributed by atoms with Gasteiger partial charge in [0.2, 0.25) is 0 Å². The first kappa shape index (κ1) is 21.8. The number of hydrogen-bond donors (Lipinski definition) is 0. The number of thiazole rings is 1. The van der Waals surface area contributed by atoms with Gasteiger partial charge in [0.15, 0.2) is 4.80 Å². The number of hydrogen-bond acceptors (Lipinski definition) is 2. The molecule has 5 aromatic rings. The summed E-state index contributed by atoms with van der Waals surface area (Å²) < 4.78 is 2.03. The smallest absolute Gasteiger partial charge is 0.280 e. The van der Waals surface area contributed by atoms with Crippen LogP contribution in [0.5, 0.6) is 0 Å². The van der Waals surface area contributed by atoms with Gasteiger partial charge in [-0.1, -0.05) is 120 Å². The second-order valence-electron chi connectivity index (χ2n) is 8.18. The van der Waals surface area contributed by atoms with E-state index in [1.807, 2.05) is 84.4 Å². The first-order valence-electron chi connectivity index (χ1n) is 11.2. The van der Waals surface area contributed by atoms with Crippen molar-refractivity contribution in [2.24, 2.45) is 12.0 Å². The highest BCUT2D eigenvalue weighted by atomic mass is 32.1. The van der Waals surface area contributed by atoms with E-state index in [9.17, 15) is 4.79 Å². The summed E-state index contributed by atoms with van der Waals surface area (Å²) in [5.41, 5.74) is 6.96. The number of carbonyl (C=O) groups excluding carboxylic acids is 1. The van der Waals surface area contributed by atoms with Crippen LogP contribution in [0, 0.1) is 6.92 Å². The van der Waals surface area contributed by atoms with Gasteiger partial charge in [0.25, 0.3) is 5.91 Å². The Morgan fingerprint density at radius 2 is 1.29 bits per heavy atom. The molecule has 0 N–H and O–H groups in total. The van der Waals surface area contributed by atoms with E-state index in [1.54, 1.807) is 0 Å². The van der Waals surface area contributed by atoms with Crippen molar-refractivity contribution in [3.05, 3.63) is 125 Å². The van der Waals surface area contributed by atoms with Crippen LogP contribution >= 0.6 is 11.3 Å². The fraction of sp³-hybridized carbons (Fsp3) is 0.0667. The minimum absolute atomic E-state index is 0.244. The van der Waals surface area contributed by atoms with Crippen LogP contribution in [0.2, 0.25) is 0 Å². The Kier molecular flexibility index (Phi) is 6.07. The van der Waals surface area contributed by atoms with Crippen LogP contribution in [-0.4, -0.2) is 10.5 Å². The van der Waals surface area contributed by atoms with Crippen LogP contribution in [0.25, 0.3) is 32.8 Å². The van der Waals surface area contributed by atoms with E-state index >= 15 is 0 Å². The van der Waals surface area contributed by atoms with E-state index in [-0.39, 0.29) is 5.91 Å². The van der Waals surface area contributed by atoms with E-state index in [2.05, 4.69) is 48.3 Å². The molecule has 0 aliphatic heterocycles. The van der Waals surface area contributed by atoms with Gasteiger partial charge in [0.05, 0.1) is 10.6 Å². The summed E-state index contributed by atoms with van der Waals surface area (Å²) in [6.07, 6.45) is 0. The fourth-order valence-electron chi connectivity index (χ4n) is 4.06. The molecule has 4 heteroatoms. The summed E-state index contributed by atoms with van der Waals surface area (Å²) in [5.74, 6) is -0.244. The van der Waals surface area contributed by atoms with Crippen LogP contribution in [-0.2, 0) is 7.05 Å². The lowest BCUT2D eigenvalue weighted by Gasteiger charge is -2.08. The third-order valence-corrected chi connectivity index (χ3v) is 7.01. The largest absolute Gasteiger partial charge is 0.319 e. The fourth-order valence-corrected chi connectivity index (χ4v) is 5.21. The predicted molar refractivity (Wildman–Crippen MR) is 141 cm³/mol. The molecule has 0 spiro atoms. The molecule has 0 fully saturated rings. The molecule has 5 rings (SSSR count).